The normalized spacial score (nSPS) is 14.5. The van der Waals surface area contributed by atoms with E-state index in [9.17, 15) is 0 Å². The van der Waals surface area contributed by atoms with Crippen LogP contribution in [0.3, 0.4) is 0 Å². The lowest BCUT2D eigenvalue weighted by molar-refractivity contribution is 0.177. The molecular formula is C21H27N3O3S. The van der Waals surface area contributed by atoms with Crippen molar-refractivity contribution in [1.82, 2.24) is 9.80 Å². The number of methoxy groups -OCH3 is 3. The van der Waals surface area contributed by atoms with Crippen molar-refractivity contribution in [2.24, 2.45) is 0 Å². The van der Waals surface area contributed by atoms with Gasteiger partial charge in [0.2, 0.25) is 5.75 Å². The minimum Gasteiger partial charge on any atom is -0.493 e. The van der Waals surface area contributed by atoms with Crippen LogP contribution in [0.1, 0.15) is 5.56 Å². The third-order valence-corrected chi connectivity index (χ3v) is 5.18. The zero-order valence-corrected chi connectivity index (χ0v) is 17.4. The van der Waals surface area contributed by atoms with Crippen LogP contribution in [0, 0.1) is 0 Å². The second kappa shape index (κ2) is 9.61. The number of benzene rings is 2. The molecule has 0 atom stereocenters. The Hall–Kier alpha value is -2.51. The number of nitrogens with one attached hydrogen (secondary N) is 1. The highest BCUT2D eigenvalue weighted by Gasteiger charge is 2.20. The minimum absolute atomic E-state index is 0.566. The first kappa shape index (κ1) is 20.2. The van der Waals surface area contributed by atoms with Gasteiger partial charge in [0.15, 0.2) is 16.6 Å². The number of ether oxygens (including phenoxy) is 3. The predicted octanol–water partition coefficient (Wildman–Crippen LogP) is 3.23. The summed E-state index contributed by atoms with van der Waals surface area (Å²) < 4.78 is 16.2. The Labute approximate surface area is 172 Å². The summed E-state index contributed by atoms with van der Waals surface area (Å²) in [6, 6.07) is 14.3. The molecule has 150 valence electrons. The average molecular weight is 402 g/mol. The van der Waals surface area contributed by atoms with Crippen LogP contribution < -0.4 is 19.5 Å². The van der Waals surface area contributed by atoms with E-state index in [0.29, 0.717) is 22.4 Å². The summed E-state index contributed by atoms with van der Waals surface area (Å²) in [6.45, 7) is 4.71. The van der Waals surface area contributed by atoms with E-state index in [2.05, 4.69) is 45.4 Å². The highest BCUT2D eigenvalue weighted by molar-refractivity contribution is 7.80. The van der Waals surface area contributed by atoms with Gasteiger partial charge in [0.1, 0.15) is 0 Å². The van der Waals surface area contributed by atoms with Gasteiger partial charge in [-0.1, -0.05) is 30.3 Å². The van der Waals surface area contributed by atoms with Gasteiger partial charge in [0, 0.05) is 50.5 Å². The van der Waals surface area contributed by atoms with Crippen molar-refractivity contribution in [1.29, 1.82) is 0 Å². The maximum Gasteiger partial charge on any atom is 0.203 e. The quantitative estimate of drug-likeness (QED) is 0.746. The van der Waals surface area contributed by atoms with Crippen LogP contribution in [-0.4, -0.2) is 62.4 Å². The molecule has 0 unspecified atom stereocenters. The van der Waals surface area contributed by atoms with Crippen LogP contribution >= 0.6 is 12.2 Å². The molecule has 7 heteroatoms. The molecule has 0 radical (unpaired) electrons. The first-order valence-electron chi connectivity index (χ1n) is 9.26. The molecule has 6 nitrogen and oxygen atoms in total. The Bertz CT molecular complexity index is 768. The van der Waals surface area contributed by atoms with Gasteiger partial charge in [-0.05, 0) is 17.8 Å². The van der Waals surface area contributed by atoms with E-state index in [-0.39, 0.29) is 0 Å². The molecule has 1 saturated heterocycles. The third kappa shape index (κ3) is 4.85. The van der Waals surface area contributed by atoms with Crippen molar-refractivity contribution in [3.8, 4) is 17.2 Å². The number of rotatable bonds is 6. The van der Waals surface area contributed by atoms with E-state index in [1.54, 1.807) is 21.3 Å². The number of nitrogens with zero attached hydrogens (tertiary/aromatic N) is 2. The molecule has 1 N–H and O–H groups in total. The lowest BCUT2D eigenvalue weighted by Crippen LogP contribution is -2.49. The summed E-state index contributed by atoms with van der Waals surface area (Å²) in [5.74, 6) is 1.76. The fraction of sp³-hybridized carbons (Fsp3) is 0.381. The predicted molar refractivity (Wildman–Crippen MR) is 116 cm³/mol. The highest BCUT2D eigenvalue weighted by atomic mass is 32.1. The van der Waals surface area contributed by atoms with Gasteiger partial charge in [0.25, 0.3) is 0 Å². The summed E-state index contributed by atoms with van der Waals surface area (Å²) in [4.78, 5) is 4.65. The second-order valence-electron chi connectivity index (χ2n) is 6.59. The van der Waals surface area contributed by atoms with Crippen molar-refractivity contribution in [3.05, 3.63) is 48.0 Å². The second-order valence-corrected chi connectivity index (χ2v) is 6.98. The average Bonchev–Trinajstić information content (AvgIpc) is 2.74. The van der Waals surface area contributed by atoms with Gasteiger partial charge in [-0.3, -0.25) is 4.90 Å². The molecule has 0 aliphatic carbocycles. The molecule has 0 bridgehead atoms. The van der Waals surface area contributed by atoms with E-state index in [4.69, 9.17) is 26.4 Å². The van der Waals surface area contributed by atoms with Crippen LogP contribution in [0.25, 0.3) is 0 Å². The SMILES string of the molecule is COc1cc(NC(=S)N2CCN(Cc3ccccc3)CC2)cc(OC)c1OC. The van der Waals surface area contributed by atoms with E-state index < -0.39 is 0 Å². The molecule has 28 heavy (non-hydrogen) atoms. The lowest BCUT2D eigenvalue weighted by atomic mass is 10.2. The molecule has 0 aromatic heterocycles. The van der Waals surface area contributed by atoms with Crippen LogP contribution in [0.5, 0.6) is 17.2 Å². The Morgan fingerprint density at radius 2 is 1.54 bits per heavy atom. The summed E-state index contributed by atoms with van der Waals surface area (Å²) >= 11 is 5.63. The van der Waals surface area contributed by atoms with Gasteiger partial charge in [-0.15, -0.1) is 0 Å². The molecule has 1 fully saturated rings. The number of anilines is 1. The van der Waals surface area contributed by atoms with Crippen molar-refractivity contribution >= 4 is 23.0 Å². The van der Waals surface area contributed by atoms with Gasteiger partial charge in [-0.2, -0.15) is 0 Å². The summed E-state index contributed by atoms with van der Waals surface area (Å²) in [6.07, 6.45) is 0. The smallest absolute Gasteiger partial charge is 0.203 e. The van der Waals surface area contributed by atoms with Gasteiger partial charge in [0.05, 0.1) is 21.3 Å². The molecule has 1 heterocycles. The molecule has 0 saturated carbocycles. The van der Waals surface area contributed by atoms with Crippen molar-refractivity contribution in [2.45, 2.75) is 6.54 Å². The van der Waals surface area contributed by atoms with Crippen LogP contribution in [0.15, 0.2) is 42.5 Å². The summed E-state index contributed by atoms with van der Waals surface area (Å²) in [5, 5.41) is 4.00. The van der Waals surface area contributed by atoms with Crippen LogP contribution in [-0.2, 0) is 6.54 Å². The van der Waals surface area contributed by atoms with Gasteiger partial charge < -0.3 is 24.4 Å². The number of hydrogen-bond donors (Lipinski definition) is 1. The topological polar surface area (TPSA) is 46.2 Å². The van der Waals surface area contributed by atoms with Gasteiger partial charge in [-0.25, -0.2) is 0 Å². The fourth-order valence-electron chi connectivity index (χ4n) is 3.31. The molecule has 1 aliphatic rings. The largest absolute Gasteiger partial charge is 0.493 e. The molecular weight excluding hydrogens is 374 g/mol. The minimum atomic E-state index is 0.566. The number of hydrogen-bond acceptors (Lipinski definition) is 5. The van der Waals surface area contributed by atoms with E-state index in [1.807, 2.05) is 12.1 Å². The van der Waals surface area contributed by atoms with Crippen molar-refractivity contribution in [2.75, 3.05) is 52.8 Å². The standard InChI is InChI=1S/C21H27N3O3S/c1-25-18-13-17(14-19(26-2)20(18)27-3)22-21(28)24-11-9-23(10-12-24)15-16-7-5-4-6-8-16/h4-8,13-14H,9-12,15H2,1-3H3,(H,22,28). The highest BCUT2D eigenvalue weighted by Crippen LogP contribution is 2.40. The number of piperazine rings is 1. The maximum atomic E-state index is 5.63. The Morgan fingerprint density at radius 1 is 0.929 bits per heavy atom. The summed E-state index contributed by atoms with van der Waals surface area (Å²) in [7, 11) is 4.80. The Balaban J connectivity index is 1.58. The fourth-order valence-corrected chi connectivity index (χ4v) is 3.61. The van der Waals surface area contributed by atoms with Crippen molar-refractivity contribution in [3.63, 3.8) is 0 Å². The first-order valence-corrected chi connectivity index (χ1v) is 9.67. The molecule has 0 amide bonds. The monoisotopic (exact) mass is 401 g/mol. The molecule has 0 spiro atoms. The Morgan fingerprint density at radius 3 is 2.07 bits per heavy atom. The number of thiocarbonyl (C=S) groups is 1. The lowest BCUT2D eigenvalue weighted by Gasteiger charge is -2.36. The third-order valence-electron chi connectivity index (χ3n) is 4.82. The zero-order valence-electron chi connectivity index (χ0n) is 16.6. The van der Waals surface area contributed by atoms with Crippen LogP contribution in [0.2, 0.25) is 0 Å². The molecule has 1 aliphatic heterocycles. The van der Waals surface area contributed by atoms with E-state index in [1.165, 1.54) is 5.56 Å². The van der Waals surface area contributed by atoms with Crippen molar-refractivity contribution < 1.29 is 14.2 Å². The molecule has 2 aromatic carbocycles. The zero-order chi connectivity index (χ0) is 19.9. The van der Waals surface area contributed by atoms with Gasteiger partial charge >= 0.3 is 0 Å². The van der Waals surface area contributed by atoms with E-state index >= 15 is 0 Å². The van der Waals surface area contributed by atoms with Crippen LogP contribution in [0.4, 0.5) is 5.69 Å². The molecule has 3 rings (SSSR count). The summed E-state index contributed by atoms with van der Waals surface area (Å²) in [5.41, 5.74) is 2.15. The maximum absolute atomic E-state index is 5.63. The first-order chi connectivity index (χ1) is 13.6. The molecule has 2 aromatic rings. The Kier molecular flexibility index (Phi) is 6.95. The van der Waals surface area contributed by atoms with E-state index in [0.717, 1.165) is 38.4 Å².